The number of fused-ring (bicyclic) bond motifs is 2. The molecule has 2 aliphatic rings. The lowest BCUT2D eigenvalue weighted by atomic mass is 9.86. The first kappa shape index (κ1) is 22.3. The van der Waals surface area contributed by atoms with E-state index in [-0.39, 0.29) is 0 Å². The van der Waals surface area contributed by atoms with Crippen LogP contribution in [0.5, 0.6) is 17.2 Å². The SMILES string of the molecule is COc1cc(CN2CCC(=C3c4ccccc4C=Cc4ccccc43)CC2)cc(OC)c1OC. The van der Waals surface area contributed by atoms with Crippen LogP contribution in [0.1, 0.15) is 40.7 Å². The van der Waals surface area contributed by atoms with E-state index in [4.69, 9.17) is 14.2 Å². The molecule has 0 N–H and O–H groups in total. The Hall–Kier alpha value is -3.50. The molecule has 0 bridgehead atoms. The summed E-state index contributed by atoms with van der Waals surface area (Å²) in [4.78, 5) is 2.51. The fraction of sp³-hybridized carbons (Fsp3) is 0.267. The van der Waals surface area contributed by atoms with Crippen molar-refractivity contribution in [3.8, 4) is 17.2 Å². The molecule has 1 saturated heterocycles. The van der Waals surface area contributed by atoms with Gasteiger partial charge in [0.05, 0.1) is 21.3 Å². The van der Waals surface area contributed by atoms with Crippen LogP contribution in [0.2, 0.25) is 0 Å². The number of ether oxygens (including phenoxy) is 3. The number of hydrogen-bond donors (Lipinski definition) is 0. The fourth-order valence-electron chi connectivity index (χ4n) is 5.16. The summed E-state index contributed by atoms with van der Waals surface area (Å²) in [5, 5.41) is 0. The molecule has 5 rings (SSSR count). The minimum Gasteiger partial charge on any atom is -0.493 e. The highest BCUT2D eigenvalue weighted by Gasteiger charge is 2.23. The monoisotopic (exact) mass is 453 g/mol. The number of piperidine rings is 1. The quantitative estimate of drug-likeness (QED) is 0.355. The maximum Gasteiger partial charge on any atom is 0.203 e. The molecule has 1 aliphatic carbocycles. The van der Waals surface area contributed by atoms with Crippen molar-refractivity contribution in [3.63, 3.8) is 0 Å². The van der Waals surface area contributed by atoms with E-state index in [0.29, 0.717) is 17.2 Å². The van der Waals surface area contributed by atoms with Gasteiger partial charge in [0.25, 0.3) is 0 Å². The molecule has 0 radical (unpaired) electrons. The van der Waals surface area contributed by atoms with Crippen molar-refractivity contribution in [1.82, 2.24) is 4.90 Å². The maximum absolute atomic E-state index is 5.55. The average Bonchev–Trinajstić information content (AvgIpc) is 3.05. The van der Waals surface area contributed by atoms with Crippen LogP contribution in [0.25, 0.3) is 17.7 Å². The van der Waals surface area contributed by atoms with E-state index in [0.717, 1.165) is 32.5 Å². The van der Waals surface area contributed by atoms with Gasteiger partial charge in [-0.25, -0.2) is 0 Å². The van der Waals surface area contributed by atoms with Gasteiger partial charge in [-0.05, 0) is 58.4 Å². The van der Waals surface area contributed by atoms with E-state index in [2.05, 4.69) is 77.7 Å². The number of likely N-dealkylation sites (tertiary alicyclic amines) is 1. The number of benzene rings is 3. The Morgan fingerprint density at radius 2 is 1.24 bits per heavy atom. The topological polar surface area (TPSA) is 30.9 Å². The van der Waals surface area contributed by atoms with E-state index in [9.17, 15) is 0 Å². The molecule has 0 amide bonds. The van der Waals surface area contributed by atoms with Gasteiger partial charge in [-0.3, -0.25) is 4.90 Å². The van der Waals surface area contributed by atoms with Gasteiger partial charge in [0.2, 0.25) is 5.75 Å². The molecule has 3 aromatic rings. The Balaban J connectivity index is 1.42. The summed E-state index contributed by atoms with van der Waals surface area (Å²) in [6, 6.07) is 21.6. The van der Waals surface area contributed by atoms with Gasteiger partial charge in [0.1, 0.15) is 0 Å². The van der Waals surface area contributed by atoms with Gasteiger partial charge in [-0.15, -0.1) is 0 Å². The molecule has 4 heteroatoms. The minimum absolute atomic E-state index is 0.638. The van der Waals surface area contributed by atoms with E-state index in [1.807, 2.05) is 0 Å². The Bertz CT molecular complexity index is 1170. The van der Waals surface area contributed by atoms with Gasteiger partial charge >= 0.3 is 0 Å². The zero-order chi connectivity index (χ0) is 23.5. The predicted molar refractivity (Wildman–Crippen MR) is 138 cm³/mol. The van der Waals surface area contributed by atoms with E-state index in [1.54, 1.807) is 26.9 Å². The average molecular weight is 454 g/mol. The van der Waals surface area contributed by atoms with Crippen molar-refractivity contribution in [1.29, 1.82) is 0 Å². The summed E-state index contributed by atoms with van der Waals surface area (Å²) in [6.45, 7) is 2.90. The number of methoxy groups -OCH3 is 3. The van der Waals surface area contributed by atoms with Gasteiger partial charge in [0, 0.05) is 19.6 Å². The van der Waals surface area contributed by atoms with Gasteiger partial charge in [-0.1, -0.05) is 66.3 Å². The van der Waals surface area contributed by atoms with Gasteiger partial charge in [-0.2, -0.15) is 0 Å². The lowest BCUT2D eigenvalue weighted by Crippen LogP contribution is -2.30. The molecule has 0 atom stereocenters. The molecule has 0 aromatic heterocycles. The second-order valence-corrected chi connectivity index (χ2v) is 8.80. The number of hydrogen-bond acceptors (Lipinski definition) is 4. The first-order valence-electron chi connectivity index (χ1n) is 11.8. The molecule has 34 heavy (non-hydrogen) atoms. The zero-order valence-corrected chi connectivity index (χ0v) is 20.1. The highest BCUT2D eigenvalue weighted by atomic mass is 16.5. The zero-order valence-electron chi connectivity index (χ0n) is 20.1. The summed E-state index contributed by atoms with van der Waals surface area (Å²) in [7, 11) is 4.97. The Kier molecular flexibility index (Phi) is 6.41. The van der Waals surface area contributed by atoms with Crippen molar-refractivity contribution in [2.24, 2.45) is 0 Å². The van der Waals surface area contributed by atoms with Crippen LogP contribution < -0.4 is 14.2 Å². The van der Waals surface area contributed by atoms with Crippen LogP contribution >= 0.6 is 0 Å². The maximum atomic E-state index is 5.55. The molecule has 1 heterocycles. The van der Waals surface area contributed by atoms with Crippen LogP contribution in [0, 0.1) is 0 Å². The minimum atomic E-state index is 0.638. The van der Waals surface area contributed by atoms with Crippen molar-refractivity contribution < 1.29 is 14.2 Å². The van der Waals surface area contributed by atoms with E-state index < -0.39 is 0 Å². The largest absolute Gasteiger partial charge is 0.493 e. The van der Waals surface area contributed by atoms with Crippen molar-refractivity contribution >= 4 is 17.7 Å². The second-order valence-electron chi connectivity index (χ2n) is 8.80. The predicted octanol–water partition coefficient (Wildman–Crippen LogP) is 6.29. The molecule has 0 unspecified atom stereocenters. The molecule has 0 spiro atoms. The fourth-order valence-corrected chi connectivity index (χ4v) is 5.16. The molecular weight excluding hydrogens is 422 g/mol. The van der Waals surface area contributed by atoms with Crippen molar-refractivity contribution in [2.75, 3.05) is 34.4 Å². The Labute approximate surface area is 202 Å². The third kappa shape index (κ3) is 4.22. The van der Waals surface area contributed by atoms with Crippen LogP contribution in [-0.2, 0) is 6.54 Å². The normalized spacial score (nSPS) is 15.4. The van der Waals surface area contributed by atoms with Gasteiger partial charge < -0.3 is 14.2 Å². The van der Waals surface area contributed by atoms with Crippen LogP contribution in [0.3, 0.4) is 0 Å². The van der Waals surface area contributed by atoms with Crippen molar-refractivity contribution in [3.05, 3.63) is 94.1 Å². The highest BCUT2D eigenvalue weighted by molar-refractivity contribution is 5.94. The standard InChI is InChI=1S/C30H31NO3/c1-32-27-18-21(19-28(33-2)30(27)34-3)20-31-16-14-24(15-17-31)29-25-10-6-4-8-22(25)12-13-23-9-5-7-11-26(23)29/h4-13,18-19H,14-17,20H2,1-3H3. The summed E-state index contributed by atoms with van der Waals surface area (Å²) in [6.07, 6.45) is 6.62. The molecular formula is C30H31NO3. The van der Waals surface area contributed by atoms with Gasteiger partial charge in [0.15, 0.2) is 11.5 Å². The van der Waals surface area contributed by atoms with Crippen LogP contribution in [0.15, 0.2) is 66.2 Å². The molecule has 0 saturated carbocycles. The molecule has 1 aliphatic heterocycles. The summed E-state index contributed by atoms with van der Waals surface area (Å²) in [5.41, 5.74) is 9.41. The first-order chi connectivity index (χ1) is 16.7. The lowest BCUT2D eigenvalue weighted by Gasteiger charge is -2.31. The summed E-state index contributed by atoms with van der Waals surface area (Å²) in [5.74, 6) is 2.05. The Morgan fingerprint density at radius 1 is 0.706 bits per heavy atom. The van der Waals surface area contributed by atoms with Crippen LogP contribution in [-0.4, -0.2) is 39.3 Å². The second kappa shape index (κ2) is 9.78. The third-order valence-electron chi connectivity index (χ3n) is 6.85. The summed E-state index contributed by atoms with van der Waals surface area (Å²) >= 11 is 0. The third-order valence-corrected chi connectivity index (χ3v) is 6.85. The van der Waals surface area contributed by atoms with E-state index >= 15 is 0 Å². The van der Waals surface area contributed by atoms with E-state index in [1.165, 1.54) is 33.4 Å². The molecule has 1 fully saturated rings. The lowest BCUT2D eigenvalue weighted by molar-refractivity contribution is 0.247. The van der Waals surface area contributed by atoms with Crippen LogP contribution in [0.4, 0.5) is 0 Å². The Morgan fingerprint density at radius 3 is 1.74 bits per heavy atom. The molecule has 4 nitrogen and oxygen atoms in total. The first-order valence-corrected chi connectivity index (χ1v) is 11.8. The number of rotatable bonds is 5. The molecule has 3 aromatic carbocycles. The summed E-state index contributed by atoms with van der Waals surface area (Å²) < 4.78 is 16.6. The molecule has 174 valence electrons. The number of nitrogens with zero attached hydrogens (tertiary/aromatic N) is 1. The van der Waals surface area contributed by atoms with Crippen molar-refractivity contribution in [2.45, 2.75) is 19.4 Å². The highest BCUT2D eigenvalue weighted by Crippen LogP contribution is 2.40. The smallest absolute Gasteiger partial charge is 0.203 e.